The number of benzene rings is 3. The molecule has 1 aliphatic heterocycles. The highest BCUT2D eigenvalue weighted by atomic mass is 35.5. The Morgan fingerprint density at radius 1 is 0.968 bits per heavy atom. The van der Waals surface area contributed by atoms with E-state index < -0.39 is 11.6 Å². The highest BCUT2D eigenvalue weighted by Crippen LogP contribution is 2.32. The summed E-state index contributed by atoms with van der Waals surface area (Å²) in [6.07, 6.45) is 0.499. The number of rotatable bonds is 7. The van der Waals surface area contributed by atoms with Gasteiger partial charge in [0.05, 0.1) is 17.7 Å². The molecule has 0 saturated heterocycles. The second-order valence-corrected chi connectivity index (χ2v) is 7.62. The van der Waals surface area contributed by atoms with E-state index in [1.807, 2.05) is 0 Å². The van der Waals surface area contributed by atoms with Gasteiger partial charge >= 0.3 is 0 Å². The fraction of sp³-hybridized carbons (Fsp3) is 0.174. The molecule has 1 heterocycles. The van der Waals surface area contributed by atoms with Crippen molar-refractivity contribution < 1.29 is 23.0 Å². The van der Waals surface area contributed by atoms with Crippen LogP contribution in [0.15, 0.2) is 65.7 Å². The average Bonchev–Trinajstić information content (AvgIpc) is 3.19. The minimum atomic E-state index is -0.705. The first-order chi connectivity index (χ1) is 15.0. The number of ether oxygens (including phenoxy) is 3. The minimum absolute atomic E-state index is 0.0256. The van der Waals surface area contributed by atoms with Gasteiger partial charge in [-0.1, -0.05) is 29.3 Å². The molecule has 0 bridgehead atoms. The third kappa shape index (κ3) is 5.27. The lowest BCUT2D eigenvalue weighted by Gasteiger charge is -2.11. The van der Waals surface area contributed by atoms with Crippen LogP contribution in [0.4, 0.5) is 8.78 Å². The summed E-state index contributed by atoms with van der Waals surface area (Å²) in [5.74, 6) is 0.253. The number of hydrogen-bond acceptors (Lipinski definition) is 4. The molecule has 0 aromatic heterocycles. The maximum Gasteiger partial charge on any atom is 0.222 e. The molecule has 0 aliphatic carbocycles. The molecule has 8 heteroatoms. The third-order valence-electron chi connectivity index (χ3n) is 4.55. The molecule has 3 aromatic carbocycles. The van der Waals surface area contributed by atoms with Gasteiger partial charge in [0, 0.05) is 17.5 Å². The summed E-state index contributed by atoms with van der Waals surface area (Å²) in [6, 6.07) is 15.5. The van der Waals surface area contributed by atoms with Gasteiger partial charge in [-0.25, -0.2) is 13.8 Å². The summed E-state index contributed by atoms with van der Waals surface area (Å²) in [6.45, 7) is 0.537. The van der Waals surface area contributed by atoms with E-state index in [1.54, 1.807) is 42.5 Å². The first-order valence-corrected chi connectivity index (χ1v) is 10.3. The highest BCUT2D eigenvalue weighted by molar-refractivity contribution is 6.32. The fourth-order valence-corrected chi connectivity index (χ4v) is 3.36. The standard InChI is InChI=1S/C23H17Cl2F2NO3/c24-14-4-6-16(7-5-14)31-17-8-9-21(18(25)12-17)29-11-10-15-13-30-23(28-15)22-19(26)2-1-3-20(22)27/h1-9,12,15H,10-11,13H2. The van der Waals surface area contributed by atoms with E-state index in [1.165, 1.54) is 18.2 Å². The predicted octanol–water partition coefficient (Wildman–Crippen LogP) is 6.68. The van der Waals surface area contributed by atoms with Crippen molar-refractivity contribution in [3.05, 3.63) is 87.9 Å². The lowest BCUT2D eigenvalue weighted by molar-refractivity contribution is 0.264. The summed E-state index contributed by atoms with van der Waals surface area (Å²) in [7, 11) is 0. The van der Waals surface area contributed by atoms with Crippen molar-refractivity contribution in [1.29, 1.82) is 0 Å². The van der Waals surface area contributed by atoms with E-state index in [9.17, 15) is 8.78 Å². The van der Waals surface area contributed by atoms with Gasteiger partial charge < -0.3 is 14.2 Å². The quantitative estimate of drug-likeness (QED) is 0.392. The maximum atomic E-state index is 13.9. The van der Waals surface area contributed by atoms with Crippen molar-refractivity contribution in [2.45, 2.75) is 12.5 Å². The molecule has 4 rings (SSSR count). The van der Waals surface area contributed by atoms with Crippen LogP contribution >= 0.6 is 23.2 Å². The van der Waals surface area contributed by atoms with Gasteiger partial charge in [0.25, 0.3) is 0 Å². The summed E-state index contributed by atoms with van der Waals surface area (Å²) >= 11 is 12.2. The van der Waals surface area contributed by atoms with Crippen LogP contribution in [0.2, 0.25) is 10.0 Å². The lowest BCUT2D eigenvalue weighted by Crippen LogP contribution is -2.11. The first kappa shape index (κ1) is 21.4. The summed E-state index contributed by atoms with van der Waals surface area (Å²) < 4.78 is 44.6. The molecule has 0 N–H and O–H groups in total. The molecule has 1 unspecified atom stereocenters. The van der Waals surface area contributed by atoms with Crippen LogP contribution < -0.4 is 9.47 Å². The van der Waals surface area contributed by atoms with Crippen LogP contribution in [0.25, 0.3) is 0 Å². The Morgan fingerprint density at radius 3 is 2.39 bits per heavy atom. The van der Waals surface area contributed by atoms with Gasteiger partial charge in [-0.05, 0) is 48.5 Å². The second kappa shape index (κ2) is 9.54. The van der Waals surface area contributed by atoms with Crippen LogP contribution in [0.5, 0.6) is 17.2 Å². The first-order valence-electron chi connectivity index (χ1n) is 9.50. The molecule has 0 radical (unpaired) electrons. The monoisotopic (exact) mass is 463 g/mol. The molecule has 0 spiro atoms. The molecule has 160 valence electrons. The molecule has 0 amide bonds. The molecular weight excluding hydrogens is 447 g/mol. The SMILES string of the molecule is Fc1cccc(F)c1C1=NC(CCOc2ccc(Oc3ccc(Cl)cc3)cc2Cl)CO1. The van der Waals surface area contributed by atoms with Crippen LogP contribution in [-0.2, 0) is 4.74 Å². The topological polar surface area (TPSA) is 40.0 Å². The van der Waals surface area contributed by atoms with Crippen molar-refractivity contribution in [3.63, 3.8) is 0 Å². The summed E-state index contributed by atoms with van der Waals surface area (Å²) in [5, 5.41) is 1.02. The number of aliphatic imine (C=N–C) groups is 1. The third-order valence-corrected chi connectivity index (χ3v) is 5.10. The van der Waals surface area contributed by atoms with Crippen LogP contribution in [0.1, 0.15) is 12.0 Å². The molecule has 31 heavy (non-hydrogen) atoms. The molecule has 3 aromatic rings. The zero-order chi connectivity index (χ0) is 21.8. The van der Waals surface area contributed by atoms with E-state index in [0.717, 1.165) is 0 Å². The Bertz CT molecular complexity index is 1090. The molecule has 1 aliphatic rings. The van der Waals surface area contributed by atoms with Gasteiger partial charge in [0.2, 0.25) is 5.90 Å². The van der Waals surface area contributed by atoms with E-state index in [0.29, 0.717) is 40.3 Å². The van der Waals surface area contributed by atoms with Gasteiger partial charge in [0.1, 0.15) is 41.1 Å². The Labute approximate surface area is 188 Å². The van der Waals surface area contributed by atoms with Crippen molar-refractivity contribution in [3.8, 4) is 17.2 Å². The lowest BCUT2D eigenvalue weighted by atomic mass is 10.2. The van der Waals surface area contributed by atoms with Gasteiger partial charge in [-0.3, -0.25) is 0 Å². The molecule has 1 atom stereocenters. The Balaban J connectivity index is 1.32. The smallest absolute Gasteiger partial charge is 0.222 e. The number of hydrogen-bond donors (Lipinski definition) is 0. The zero-order valence-corrected chi connectivity index (χ0v) is 17.7. The van der Waals surface area contributed by atoms with E-state index in [4.69, 9.17) is 37.4 Å². The van der Waals surface area contributed by atoms with Gasteiger partial charge in [0.15, 0.2) is 0 Å². The fourth-order valence-electron chi connectivity index (χ4n) is 3.01. The van der Waals surface area contributed by atoms with Gasteiger partial charge in [-0.2, -0.15) is 0 Å². The molecule has 0 saturated carbocycles. The van der Waals surface area contributed by atoms with Gasteiger partial charge in [-0.15, -0.1) is 0 Å². The highest BCUT2D eigenvalue weighted by Gasteiger charge is 2.25. The van der Waals surface area contributed by atoms with E-state index in [-0.39, 0.29) is 24.1 Å². The minimum Gasteiger partial charge on any atom is -0.492 e. The van der Waals surface area contributed by atoms with Crippen LogP contribution in [-0.4, -0.2) is 25.2 Å². The Morgan fingerprint density at radius 2 is 1.68 bits per heavy atom. The van der Waals surface area contributed by atoms with Crippen molar-refractivity contribution in [2.75, 3.05) is 13.2 Å². The Hall–Kier alpha value is -2.83. The van der Waals surface area contributed by atoms with Crippen molar-refractivity contribution in [1.82, 2.24) is 0 Å². The second-order valence-electron chi connectivity index (χ2n) is 6.78. The van der Waals surface area contributed by atoms with Crippen molar-refractivity contribution in [2.24, 2.45) is 4.99 Å². The number of halogens is 4. The van der Waals surface area contributed by atoms with E-state index >= 15 is 0 Å². The number of nitrogens with zero attached hydrogens (tertiary/aromatic N) is 1. The summed E-state index contributed by atoms with van der Waals surface area (Å²) in [5.41, 5.74) is -0.245. The Kier molecular flexibility index (Phi) is 6.59. The predicted molar refractivity (Wildman–Crippen MR) is 116 cm³/mol. The normalized spacial score (nSPS) is 15.4. The largest absolute Gasteiger partial charge is 0.492 e. The maximum absolute atomic E-state index is 13.9. The molecule has 4 nitrogen and oxygen atoms in total. The summed E-state index contributed by atoms with van der Waals surface area (Å²) in [4.78, 5) is 4.27. The van der Waals surface area contributed by atoms with Crippen LogP contribution in [0, 0.1) is 11.6 Å². The van der Waals surface area contributed by atoms with Crippen molar-refractivity contribution >= 4 is 29.1 Å². The average molecular weight is 464 g/mol. The molecular formula is C23H17Cl2F2NO3. The van der Waals surface area contributed by atoms with Crippen LogP contribution in [0.3, 0.4) is 0 Å². The zero-order valence-electron chi connectivity index (χ0n) is 16.2. The molecule has 0 fully saturated rings. The van der Waals surface area contributed by atoms with E-state index in [2.05, 4.69) is 4.99 Å².